The monoisotopic (exact) mass is 244 g/mol. The lowest BCUT2D eigenvalue weighted by Crippen LogP contribution is -2.25. The molecule has 0 radical (unpaired) electrons. The van der Waals surface area contributed by atoms with Gasteiger partial charge in [-0.05, 0) is 6.42 Å². The summed E-state index contributed by atoms with van der Waals surface area (Å²) < 4.78 is 0. The summed E-state index contributed by atoms with van der Waals surface area (Å²) in [4.78, 5) is 10.3. The highest BCUT2D eigenvalue weighted by Gasteiger charge is 2.10. The van der Waals surface area contributed by atoms with Crippen LogP contribution >= 0.6 is 0 Å². The fraction of sp³-hybridized carbons (Fsp3) is 0.500. The first-order chi connectivity index (χ1) is 8.74. The average Bonchev–Trinajstić information content (AvgIpc) is 2.38. The largest absolute Gasteiger partial charge is 0.373 e. The van der Waals surface area contributed by atoms with Crippen molar-refractivity contribution in [3.05, 3.63) is 11.9 Å². The van der Waals surface area contributed by atoms with E-state index in [-0.39, 0.29) is 13.1 Å². The Balaban J connectivity index is 3.08. The van der Waals surface area contributed by atoms with Crippen molar-refractivity contribution in [2.75, 3.05) is 30.4 Å². The van der Waals surface area contributed by atoms with Gasteiger partial charge >= 0.3 is 0 Å². The fourth-order valence-electron chi connectivity index (χ4n) is 1.50. The van der Waals surface area contributed by atoms with Crippen LogP contribution in [0.1, 0.15) is 19.2 Å². The highest BCUT2D eigenvalue weighted by Crippen LogP contribution is 2.16. The van der Waals surface area contributed by atoms with E-state index in [1.807, 2.05) is 12.1 Å². The highest BCUT2D eigenvalue weighted by atomic mass is 15.2. The molecule has 0 unspecified atom stereocenters. The van der Waals surface area contributed by atoms with Crippen molar-refractivity contribution in [2.24, 2.45) is 0 Å². The van der Waals surface area contributed by atoms with Gasteiger partial charge in [-0.25, -0.2) is 9.97 Å². The van der Waals surface area contributed by atoms with Gasteiger partial charge in [0.25, 0.3) is 0 Å². The van der Waals surface area contributed by atoms with Gasteiger partial charge in [-0.1, -0.05) is 6.92 Å². The lowest BCUT2D eigenvalue weighted by molar-refractivity contribution is 0.819. The summed E-state index contributed by atoms with van der Waals surface area (Å²) in [5.41, 5.74) is 0. The van der Waals surface area contributed by atoms with Crippen LogP contribution < -0.4 is 10.2 Å². The van der Waals surface area contributed by atoms with E-state index in [0.717, 1.165) is 18.7 Å². The van der Waals surface area contributed by atoms with E-state index < -0.39 is 0 Å². The maximum absolute atomic E-state index is 8.76. The fourth-order valence-corrected chi connectivity index (χ4v) is 1.50. The van der Waals surface area contributed by atoms with Crippen LogP contribution in [0, 0.1) is 22.7 Å². The Morgan fingerprint density at radius 3 is 2.44 bits per heavy atom. The van der Waals surface area contributed by atoms with E-state index in [4.69, 9.17) is 10.5 Å². The van der Waals surface area contributed by atoms with Crippen molar-refractivity contribution in [1.82, 2.24) is 9.97 Å². The molecule has 0 aliphatic carbocycles. The number of nitrogens with zero attached hydrogens (tertiary/aromatic N) is 5. The third-order valence-corrected chi connectivity index (χ3v) is 2.34. The number of rotatable bonds is 6. The number of anilines is 2. The Labute approximate surface area is 107 Å². The zero-order valence-electron chi connectivity index (χ0n) is 10.6. The molecule has 0 aromatic carbocycles. The second kappa shape index (κ2) is 7.08. The number of nitriles is 2. The van der Waals surface area contributed by atoms with E-state index in [1.165, 1.54) is 0 Å². The van der Waals surface area contributed by atoms with Crippen LogP contribution in [0.15, 0.2) is 6.07 Å². The summed E-state index contributed by atoms with van der Waals surface area (Å²) in [7, 11) is 1.78. The minimum Gasteiger partial charge on any atom is -0.373 e. The lowest BCUT2D eigenvalue weighted by Gasteiger charge is -2.18. The van der Waals surface area contributed by atoms with Crippen LogP contribution in [0.5, 0.6) is 0 Å². The third kappa shape index (κ3) is 3.60. The van der Waals surface area contributed by atoms with Gasteiger partial charge < -0.3 is 10.2 Å². The zero-order valence-corrected chi connectivity index (χ0v) is 10.6. The molecule has 1 aromatic heterocycles. The SMILES string of the molecule is CCCc1nc(NC)cc(N(CC#N)CC#N)n1. The molecule has 1 heterocycles. The van der Waals surface area contributed by atoms with Gasteiger partial charge in [0.05, 0.1) is 12.1 Å². The minimum atomic E-state index is 0.138. The molecule has 0 aliphatic rings. The molecule has 0 spiro atoms. The predicted molar refractivity (Wildman–Crippen MR) is 69.0 cm³/mol. The van der Waals surface area contributed by atoms with Gasteiger partial charge in [0.1, 0.15) is 30.5 Å². The molecule has 0 saturated heterocycles. The van der Waals surface area contributed by atoms with Gasteiger partial charge in [0.15, 0.2) is 0 Å². The van der Waals surface area contributed by atoms with Crippen LogP contribution in [0.2, 0.25) is 0 Å². The Morgan fingerprint density at radius 1 is 1.28 bits per heavy atom. The van der Waals surface area contributed by atoms with Crippen molar-refractivity contribution in [3.63, 3.8) is 0 Å². The van der Waals surface area contributed by atoms with Crippen LogP contribution in [0.25, 0.3) is 0 Å². The third-order valence-electron chi connectivity index (χ3n) is 2.34. The molecule has 94 valence electrons. The van der Waals surface area contributed by atoms with Gasteiger partial charge in [0, 0.05) is 19.5 Å². The van der Waals surface area contributed by atoms with Gasteiger partial charge in [-0.3, -0.25) is 0 Å². The molecule has 0 fully saturated rings. The first kappa shape index (κ1) is 13.7. The van der Waals surface area contributed by atoms with Crippen LogP contribution in [-0.4, -0.2) is 30.1 Å². The molecular formula is C12H16N6. The molecule has 1 N–H and O–H groups in total. The van der Waals surface area contributed by atoms with Gasteiger partial charge in [-0.2, -0.15) is 10.5 Å². The standard InChI is InChI=1S/C12H16N6/c1-3-4-10-16-11(15-2)9-12(17-10)18(7-5-13)8-6-14/h9H,3-4,7-8H2,1-2H3,(H,15,16,17). The minimum absolute atomic E-state index is 0.138. The zero-order chi connectivity index (χ0) is 13.4. The average molecular weight is 244 g/mol. The van der Waals surface area contributed by atoms with Crippen molar-refractivity contribution in [3.8, 4) is 12.1 Å². The van der Waals surface area contributed by atoms with E-state index in [9.17, 15) is 0 Å². The summed E-state index contributed by atoms with van der Waals surface area (Å²) in [6, 6.07) is 5.81. The van der Waals surface area contributed by atoms with E-state index in [2.05, 4.69) is 22.2 Å². The Kier molecular flexibility index (Phi) is 5.40. The molecular weight excluding hydrogens is 228 g/mol. The Morgan fingerprint density at radius 2 is 1.94 bits per heavy atom. The van der Waals surface area contributed by atoms with Crippen molar-refractivity contribution in [2.45, 2.75) is 19.8 Å². The second-order valence-electron chi connectivity index (χ2n) is 3.70. The van der Waals surface area contributed by atoms with E-state index in [1.54, 1.807) is 18.0 Å². The van der Waals surface area contributed by atoms with Crippen LogP contribution in [0.4, 0.5) is 11.6 Å². The summed E-state index contributed by atoms with van der Waals surface area (Å²) in [6.45, 7) is 2.33. The quantitative estimate of drug-likeness (QED) is 0.759. The number of aromatic nitrogens is 2. The number of hydrogen-bond donors (Lipinski definition) is 1. The Hall–Kier alpha value is -2.34. The smallest absolute Gasteiger partial charge is 0.136 e. The molecule has 6 nitrogen and oxygen atoms in total. The second-order valence-corrected chi connectivity index (χ2v) is 3.70. The molecule has 1 aromatic rings. The maximum Gasteiger partial charge on any atom is 0.136 e. The normalized spacial score (nSPS) is 9.33. The first-order valence-corrected chi connectivity index (χ1v) is 5.79. The van der Waals surface area contributed by atoms with Crippen molar-refractivity contribution >= 4 is 11.6 Å². The molecule has 1 rings (SSSR count). The predicted octanol–water partition coefficient (Wildman–Crippen LogP) is 1.32. The summed E-state index contributed by atoms with van der Waals surface area (Å²) in [6.07, 6.45) is 1.72. The van der Waals surface area contributed by atoms with E-state index in [0.29, 0.717) is 11.6 Å². The van der Waals surface area contributed by atoms with Gasteiger partial charge in [-0.15, -0.1) is 0 Å². The summed E-state index contributed by atoms with van der Waals surface area (Å²) in [5, 5.41) is 20.5. The highest BCUT2D eigenvalue weighted by molar-refractivity contribution is 5.50. The molecule has 0 bridgehead atoms. The molecule has 0 amide bonds. The maximum atomic E-state index is 8.76. The summed E-state index contributed by atoms with van der Waals surface area (Å²) in [5.74, 6) is 2.03. The number of hydrogen-bond acceptors (Lipinski definition) is 6. The van der Waals surface area contributed by atoms with Crippen LogP contribution in [0.3, 0.4) is 0 Å². The van der Waals surface area contributed by atoms with Crippen LogP contribution in [-0.2, 0) is 6.42 Å². The number of nitrogens with one attached hydrogen (secondary N) is 1. The Bertz CT molecular complexity index is 454. The molecule has 0 aliphatic heterocycles. The topological polar surface area (TPSA) is 88.6 Å². The molecule has 6 heteroatoms. The lowest BCUT2D eigenvalue weighted by atomic mass is 10.3. The van der Waals surface area contributed by atoms with Gasteiger partial charge in [0.2, 0.25) is 0 Å². The summed E-state index contributed by atoms with van der Waals surface area (Å²) >= 11 is 0. The number of aryl methyl sites for hydroxylation is 1. The van der Waals surface area contributed by atoms with Crippen molar-refractivity contribution in [1.29, 1.82) is 10.5 Å². The molecule has 0 atom stereocenters. The molecule has 0 saturated carbocycles. The van der Waals surface area contributed by atoms with E-state index >= 15 is 0 Å². The van der Waals surface area contributed by atoms with Crippen molar-refractivity contribution < 1.29 is 0 Å². The molecule has 18 heavy (non-hydrogen) atoms. The first-order valence-electron chi connectivity index (χ1n) is 5.79.